The molecule has 3 rings (SSSR count). The van der Waals surface area contributed by atoms with Gasteiger partial charge >= 0.3 is 5.97 Å². The normalized spacial score (nSPS) is 23.4. The molecule has 0 N–H and O–H groups in total. The fourth-order valence-electron chi connectivity index (χ4n) is 6.63. The number of amides is 1. The Kier molecular flexibility index (Phi) is 13.8. The van der Waals surface area contributed by atoms with Crippen LogP contribution in [-0.4, -0.2) is 93.4 Å². The van der Waals surface area contributed by atoms with Gasteiger partial charge < -0.3 is 23.8 Å². The second-order valence-electron chi connectivity index (χ2n) is 14.2. The first-order chi connectivity index (χ1) is 21.4. The summed E-state index contributed by atoms with van der Waals surface area (Å²) in [5, 5.41) is 0. The number of thioether (sulfide) groups is 2. The first-order valence-corrected chi connectivity index (χ1v) is 18.4. The number of ketones is 1. The maximum absolute atomic E-state index is 14.2. The van der Waals surface area contributed by atoms with Gasteiger partial charge in [0.05, 0.1) is 31.3 Å². The first-order valence-electron chi connectivity index (χ1n) is 16.2. The number of rotatable bonds is 15. The van der Waals surface area contributed by atoms with Crippen molar-refractivity contribution >= 4 is 56.9 Å². The van der Waals surface area contributed by atoms with Gasteiger partial charge in [0, 0.05) is 23.6 Å². The van der Waals surface area contributed by atoms with Crippen LogP contribution >= 0.6 is 35.7 Å². The third-order valence-electron chi connectivity index (χ3n) is 8.96. The zero-order valence-corrected chi connectivity index (χ0v) is 31.5. The van der Waals surface area contributed by atoms with Crippen LogP contribution in [0, 0.1) is 10.8 Å². The summed E-state index contributed by atoms with van der Waals surface area (Å²) in [6.45, 7) is 19.4. The summed E-state index contributed by atoms with van der Waals surface area (Å²) in [6.07, 6.45) is 0.650. The lowest BCUT2D eigenvalue weighted by Gasteiger charge is -2.61. The van der Waals surface area contributed by atoms with E-state index in [2.05, 4.69) is 45.0 Å². The van der Waals surface area contributed by atoms with Gasteiger partial charge in [-0.2, -0.15) is 0 Å². The summed E-state index contributed by atoms with van der Waals surface area (Å²) in [5.41, 5.74) is -0.385. The standard InChI is InChI=1S/C35H53NO7S3/c1-24(2)42-26(4)29(38)43-25(3)28(37)32(5,6)41-19-20-45-31(44)46-33(7,8)35(30(39)36-15-17-40-18-16-36)22-34(9,23-35)21-27-13-11-10-12-14-27/h10-14,24-26H,15-23H2,1-9H3/t25-,26+,34?,35?/m0/s1. The highest BCUT2D eigenvalue weighted by Gasteiger charge is 2.64. The smallest absolute Gasteiger partial charge is 0.335 e. The fraction of sp³-hybridized carbons (Fsp3) is 0.714. The van der Waals surface area contributed by atoms with Crippen LogP contribution in [0.2, 0.25) is 0 Å². The number of nitrogens with zero attached hydrogens (tertiary/aromatic N) is 1. The monoisotopic (exact) mass is 695 g/mol. The van der Waals surface area contributed by atoms with E-state index >= 15 is 0 Å². The van der Waals surface area contributed by atoms with Gasteiger partial charge in [0.2, 0.25) is 11.7 Å². The molecule has 2 aliphatic rings. The summed E-state index contributed by atoms with van der Waals surface area (Å²) in [4.78, 5) is 41.6. The molecular formula is C35H53NO7S3. The van der Waals surface area contributed by atoms with E-state index in [1.54, 1.807) is 39.5 Å². The van der Waals surface area contributed by atoms with Crippen LogP contribution < -0.4 is 0 Å². The van der Waals surface area contributed by atoms with Crippen molar-refractivity contribution in [2.45, 2.75) is 110 Å². The number of hydrogen-bond donors (Lipinski definition) is 0. The lowest BCUT2D eigenvalue weighted by molar-refractivity contribution is -0.171. The maximum atomic E-state index is 14.2. The van der Waals surface area contributed by atoms with Crippen molar-refractivity contribution in [2.24, 2.45) is 10.8 Å². The zero-order valence-electron chi connectivity index (χ0n) is 29.0. The molecule has 0 spiro atoms. The minimum absolute atomic E-state index is 0.0206. The number of esters is 1. The van der Waals surface area contributed by atoms with Crippen molar-refractivity contribution in [1.82, 2.24) is 4.90 Å². The third-order valence-corrected chi connectivity index (χ3v) is 11.8. The lowest BCUT2D eigenvalue weighted by atomic mass is 9.47. The molecule has 1 amide bonds. The van der Waals surface area contributed by atoms with Crippen LogP contribution in [0.15, 0.2) is 30.3 Å². The molecule has 258 valence electrons. The Morgan fingerprint density at radius 2 is 1.61 bits per heavy atom. The Morgan fingerprint density at radius 1 is 1.00 bits per heavy atom. The average Bonchev–Trinajstić information content (AvgIpc) is 2.97. The van der Waals surface area contributed by atoms with Gasteiger partial charge in [-0.25, -0.2) is 4.79 Å². The molecule has 46 heavy (non-hydrogen) atoms. The van der Waals surface area contributed by atoms with Crippen molar-refractivity contribution in [3.63, 3.8) is 0 Å². The Balaban J connectivity index is 1.57. The van der Waals surface area contributed by atoms with E-state index in [0.717, 1.165) is 22.8 Å². The average molecular weight is 696 g/mol. The van der Waals surface area contributed by atoms with Gasteiger partial charge in [-0.3, -0.25) is 9.59 Å². The highest BCUT2D eigenvalue weighted by molar-refractivity contribution is 8.47. The van der Waals surface area contributed by atoms with Gasteiger partial charge in [0.1, 0.15) is 9.13 Å². The van der Waals surface area contributed by atoms with E-state index in [1.165, 1.54) is 17.3 Å². The molecule has 2 atom stereocenters. The number of benzene rings is 1. The van der Waals surface area contributed by atoms with E-state index in [-0.39, 0.29) is 29.8 Å². The Labute approximate surface area is 289 Å². The summed E-state index contributed by atoms with van der Waals surface area (Å²) in [5.74, 6) is -0.159. The van der Waals surface area contributed by atoms with Crippen molar-refractivity contribution < 1.29 is 33.3 Å². The minimum atomic E-state index is -1.15. The van der Waals surface area contributed by atoms with Crippen LogP contribution in [0.5, 0.6) is 0 Å². The molecule has 0 aromatic heterocycles. The number of Topliss-reactive ketones (excluding diaryl/α,β-unsaturated/α-hetero) is 1. The fourth-order valence-corrected chi connectivity index (χ4v) is 9.79. The molecule has 1 aromatic carbocycles. The number of carbonyl (C=O) groups is 3. The predicted octanol–water partition coefficient (Wildman–Crippen LogP) is 6.51. The molecule has 0 radical (unpaired) electrons. The SMILES string of the molecule is CC(C)O[C@H](C)C(=O)O[C@@H](C)C(=O)C(C)(C)OCCSC(=S)SC(C)(C)C1(C(=O)N2CCOCC2)CC(C)(Cc2ccccc2)C1. The molecule has 2 fully saturated rings. The van der Waals surface area contributed by atoms with E-state index in [1.807, 2.05) is 24.8 Å². The van der Waals surface area contributed by atoms with Crippen LogP contribution in [0.25, 0.3) is 0 Å². The highest BCUT2D eigenvalue weighted by Crippen LogP contribution is 2.65. The lowest BCUT2D eigenvalue weighted by Crippen LogP contribution is -2.65. The zero-order chi connectivity index (χ0) is 34.3. The van der Waals surface area contributed by atoms with Gasteiger partial charge in [-0.1, -0.05) is 49.5 Å². The van der Waals surface area contributed by atoms with Crippen LogP contribution in [0.1, 0.15) is 80.7 Å². The van der Waals surface area contributed by atoms with Crippen LogP contribution in [0.4, 0.5) is 0 Å². The second-order valence-corrected chi connectivity index (χ2v) is 18.1. The van der Waals surface area contributed by atoms with E-state index in [0.29, 0.717) is 32.1 Å². The number of ether oxygens (including phenoxy) is 4. The van der Waals surface area contributed by atoms with Crippen molar-refractivity contribution in [2.75, 3.05) is 38.7 Å². The van der Waals surface area contributed by atoms with E-state index < -0.39 is 33.9 Å². The van der Waals surface area contributed by atoms with Crippen molar-refractivity contribution in [3.8, 4) is 0 Å². The third kappa shape index (κ3) is 10.0. The van der Waals surface area contributed by atoms with Crippen molar-refractivity contribution in [3.05, 3.63) is 35.9 Å². The van der Waals surface area contributed by atoms with Gasteiger partial charge in [-0.05, 0) is 85.6 Å². The number of thiocarbonyl (C=S) groups is 1. The Hall–Kier alpha value is -1.50. The van der Waals surface area contributed by atoms with Crippen LogP contribution in [0.3, 0.4) is 0 Å². The van der Waals surface area contributed by atoms with Gasteiger partial charge in [0.25, 0.3) is 0 Å². The maximum Gasteiger partial charge on any atom is 0.335 e. The van der Waals surface area contributed by atoms with Crippen molar-refractivity contribution in [1.29, 1.82) is 0 Å². The Morgan fingerprint density at radius 3 is 2.20 bits per heavy atom. The number of hydrogen-bond acceptors (Lipinski definition) is 10. The molecule has 0 bridgehead atoms. The topological polar surface area (TPSA) is 91.4 Å². The molecule has 1 heterocycles. The predicted molar refractivity (Wildman–Crippen MR) is 190 cm³/mol. The molecule has 1 saturated carbocycles. The molecule has 1 saturated heterocycles. The van der Waals surface area contributed by atoms with E-state index in [9.17, 15) is 14.4 Å². The molecule has 11 heteroatoms. The number of carbonyl (C=O) groups excluding carboxylic acids is 3. The minimum Gasteiger partial charge on any atom is -0.453 e. The quantitative estimate of drug-likeness (QED) is 0.115. The molecule has 0 unspecified atom stereocenters. The molecule has 8 nitrogen and oxygen atoms in total. The molecular weight excluding hydrogens is 643 g/mol. The van der Waals surface area contributed by atoms with Gasteiger partial charge in [-0.15, -0.1) is 23.5 Å². The molecule has 1 aliphatic carbocycles. The summed E-state index contributed by atoms with van der Waals surface area (Å²) in [7, 11) is 0. The van der Waals surface area contributed by atoms with Gasteiger partial charge in [0.15, 0.2) is 12.2 Å². The number of morpholine rings is 1. The first kappa shape index (κ1) is 38.9. The summed E-state index contributed by atoms with van der Waals surface area (Å²) in [6, 6.07) is 10.5. The summed E-state index contributed by atoms with van der Waals surface area (Å²) >= 11 is 8.93. The molecule has 1 aromatic rings. The Bertz CT molecular complexity index is 1210. The summed E-state index contributed by atoms with van der Waals surface area (Å²) < 4.78 is 22.6. The van der Waals surface area contributed by atoms with Crippen LogP contribution in [-0.2, 0) is 39.8 Å². The molecule has 1 aliphatic heterocycles. The second kappa shape index (κ2) is 16.3. The largest absolute Gasteiger partial charge is 0.453 e. The highest BCUT2D eigenvalue weighted by atomic mass is 32.2. The van der Waals surface area contributed by atoms with E-state index in [4.69, 9.17) is 31.2 Å².